The SMILES string of the molecule is CN[C@H](C)[C@H]1CCN(c2c(F)cc3c(=O)[nH]c(=O)n(C4CC4)c3c2C)C1. The number of halogens is 1. The van der Waals surface area contributed by atoms with Crippen molar-refractivity contribution in [3.8, 4) is 0 Å². The molecule has 4 rings (SSSR count). The van der Waals surface area contributed by atoms with E-state index in [1.54, 1.807) is 4.57 Å². The van der Waals surface area contributed by atoms with Crippen molar-refractivity contribution in [3.63, 3.8) is 0 Å². The molecule has 26 heavy (non-hydrogen) atoms. The number of aryl methyl sites for hydroxylation is 1. The van der Waals surface area contributed by atoms with E-state index in [4.69, 9.17) is 0 Å². The highest BCUT2D eigenvalue weighted by Crippen LogP contribution is 2.39. The number of fused-ring (bicyclic) bond motifs is 1. The van der Waals surface area contributed by atoms with Gasteiger partial charge in [0.05, 0.1) is 16.6 Å². The Morgan fingerprint density at radius 3 is 2.69 bits per heavy atom. The number of aromatic amines is 1. The Balaban J connectivity index is 1.88. The van der Waals surface area contributed by atoms with Crippen LogP contribution in [0.2, 0.25) is 0 Å². The molecule has 2 N–H and O–H groups in total. The zero-order chi connectivity index (χ0) is 18.6. The molecule has 1 aromatic carbocycles. The summed E-state index contributed by atoms with van der Waals surface area (Å²) in [5, 5.41) is 3.53. The first-order valence-electron chi connectivity index (χ1n) is 9.32. The van der Waals surface area contributed by atoms with Crippen molar-refractivity contribution in [2.24, 2.45) is 5.92 Å². The van der Waals surface area contributed by atoms with Crippen LogP contribution in [0.3, 0.4) is 0 Å². The summed E-state index contributed by atoms with van der Waals surface area (Å²) in [6.45, 7) is 5.51. The van der Waals surface area contributed by atoms with E-state index in [0.717, 1.165) is 32.4 Å². The highest BCUT2D eigenvalue weighted by molar-refractivity contribution is 5.87. The van der Waals surface area contributed by atoms with Gasteiger partial charge in [0, 0.05) is 30.7 Å². The molecule has 2 aromatic rings. The number of H-pyrrole nitrogens is 1. The predicted molar refractivity (Wildman–Crippen MR) is 101 cm³/mol. The average molecular weight is 360 g/mol. The largest absolute Gasteiger partial charge is 0.369 e. The van der Waals surface area contributed by atoms with Gasteiger partial charge < -0.3 is 10.2 Å². The number of nitrogens with zero attached hydrogens (tertiary/aromatic N) is 2. The molecule has 0 unspecified atom stereocenters. The maximum atomic E-state index is 15.0. The topological polar surface area (TPSA) is 70.1 Å². The van der Waals surface area contributed by atoms with Crippen LogP contribution in [0.25, 0.3) is 10.9 Å². The van der Waals surface area contributed by atoms with Crippen LogP contribution in [0.5, 0.6) is 0 Å². The molecule has 7 heteroatoms. The van der Waals surface area contributed by atoms with E-state index in [1.807, 2.05) is 14.0 Å². The van der Waals surface area contributed by atoms with E-state index in [9.17, 15) is 14.0 Å². The lowest BCUT2D eigenvalue weighted by atomic mass is 10.0. The maximum Gasteiger partial charge on any atom is 0.329 e. The summed E-state index contributed by atoms with van der Waals surface area (Å²) in [6, 6.07) is 1.76. The molecule has 1 aliphatic carbocycles. The Morgan fingerprint density at radius 1 is 1.31 bits per heavy atom. The molecule has 6 nitrogen and oxygen atoms in total. The third-order valence-electron chi connectivity index (χ3n) is 6.00. The van der Waals surface area contributed by atoms with Gasteiger partial charge in [0.15, 0.2) is 0 Å². The van der Waals surface area contributed by atoms with Gasteiger partial charge in [-0.25, -0.2) is 9.18 Å². The fourth-order valence-electron chi connectivity index (χ4n) is 4.27. The van der Waals surface area contributed by atoms with E-state index >= 15 is 0 Å². The van der Waals surface area contributed by atoms with Gasteiger partial charge in [0.2, 0.25) is 0 Å². The molecule has 2 aliphatic rings. The van der Waals surface area contributed by atoms with Gasteiger partial charge in [-0.2, -0.15) is 0 Å². The Labute approximate surface area is 151 Å². The first kappa shape index (κ1) is 17.3. The van der Waals surface area contributed by atoms with E-state index in [2.05, 4.69) is 22.1 Å². The first-order valence-corrected chi connectivity index (χ1v) is 9.32. The van der Waals surface area contributed by atoms with Gasteiger partial charge >= 0.3 is 5.69 Å². The van der Waals surface area contributed by atoms with Crippen molar-refractivity contribution < 1.29 is 4.39 Å². The number of benzene rings is 1. The Hall–Kier alpha value is -2.15. The van der Waals surface area contributed by atoms with Crippen LogP contribution in [0.15, 0.2) is 15.7 Å². The van der Waals surface area contributed by atoms with Crippen LogP contribution >= 0.6 is 0 Å². The first-order chi connectivity index (χ1) is 12.4. The minimum atomic E-state index is -0.515. The summed E-state index contributed by atoms with van der Waals surface area (Å²) >= 11 is 0. The van der Waals surface area contributed by atoms with Gasteiger partial charge in [0.25, 0.3) is 5.56 Å². The van der Waals surface area contributed by atoms with Crippen LogP contribution in [-0.4, -0.2) is 35.7 Å². The summed E-state index contributed by atoms with van der Waals surface area (Å²) in [5.41, 5.74) is 0.894. The van der Waals surface area contributed by atoms with Crippen molar-refractivity contribution in [2.45, 2.75) is 45.2 Å². The second kappa shape index (κ2) is 6.23. The summed E-state index contributed by atoms with van der Waals surface area (Å²) in [5.74, 6) is 0.0542. The van der Waals surface area contributed by atoms with Gasteiger partial charge in [-0.3, -0.25) is 14.3 Å². The Kier molecular flexibility index (Phi) is 4.14. The lowest BCUT2D eigenvalue weighted by Gasteiger charge is -2.25. The second-order valence-electron chi connectivity index (χ2n) is 7.66. The van der Waals surface area contributed by atoms with Gasteiger partial charge in [-0.15, -0.1) is 0 Å². The lowest BCUT2D eigenvalue weighted by Crippen LogP contribution is -2.33. The molecule has 0 bridgehead atoms. The molecule has 0 radical (unpaired) electrons. The zero-order valence-corrected chi connectivity index (χ0v) is 15.4. The molecule has 2 heterocycles. The lowest BCUT2D eigenvalue weighted by molar-refractivity contribution is 0.428. The number of anilines is 1. The average Bonchev–Trinajstić information content (AvgIpc) is 3.32. The third-order valence-corrected chi connectivity index (χ3v) is 6.00. The molecular weight excluding hydrogens is 335 g/mol. The summed E-state index contributed by atoms with van der Waals surface area (Å²) < 4.78 is 16.6. The van der Waals surface area contributed by atoms with Crippen molar-refractivity contribution in [1.29, 1.82) is 0 Å². The summed E-state index contributed by atoms with van der Waals surface area (Å²) in [7, 11) is 1.94. The number of hydrogen-bond donors (Lipinski definition) is 2. The number of rotatable bonds is 4. The second-order valence-corrected chi connectivity index (χ2v) is 7.66. The zero-order valence-electron chi connectivity index (χ0n) is 15.4. The Morgan fingerprint density at radius 2 is 2.04 bits per heavy atom. The van der Waals surface area contributed by atoms with E-state index in [-0.39, 0.29) is 17.2 Å². The van der Waals surface area contributed by atoms with Crippen molar-refractivity contribution in [1.82, 2.24) is 14.9 Å². The fourth-order valence-corrected chi connectivity index (χ4v) is 4.27. The van der Waals surface area contributed by atoms with Crippen LogP contribution < -0.4 is 21.5 Å². The molecule has 0 spiro atoms. The van der Waals surface area contributed by atoms with Crippen LogP contribution in [0.1, 0.15) is 37.8 Å². The molecular formula is C19H25FN4O2. The van der Waals surface area contributed by atoms with E-state index in [1.165, 1.54) is 6.07 Å². The highest BCUT2D eigenvalue weighted by Gasteiger charge is 2.32. The third kappa shape index (κ3) is 2.65. The minimum Gasteiger partial charge on any atom is -0.369 e. The normalized spacial score (nSPS) is 21.5. The van der Waals surface area contributed by atoms with Gasteiger partial charge in [-0.1, -0.05) is 0 Å². The quantitative estimate of drug-likeness (QED) is 0.874. The van der Waals surface area contributed by atoms with Crippen LogP contribution in [0, 0.1) is 18.7 Å². The molecule has 1 aliphatic heterocycles. The fraction of sp³-hybridized carbons (Fsp3) is 0.579. The number of nitrogens with one attached hydrogen (secondary N) is 2. The predicted octanol–water partition coefficient (Wildman–Crippen LogP) is 1.91. The molecule has 2 atom stereocenters. The molecule has 140 valence electrons. The Bertz CT molecular complexity index is 976. The smallest absolute Gasteiger partial charge is 0.329 e. The molecule has 1 saturated carbocycles. The minimum absolute atomic E-state index is 0.106. The van der Waals surface area contributed by atoms with Crippen LogP contribution in [0.4, 0.5) is 10.1 Å². The summed E-state index contributed by atoms with van der Waals surface area (Å²) in [4.78, 5) is 29.0. The maximum absolute atomic E-state index is 15.0. The van der Waals surface area contributed by atoms with Crippen molar-refractivity contribution in [3.05, 3.63) is 38.3 Å². The molecule has 1 saturated heterocycles. The van der Waals surface area contributed by atoms with Crippen molar-refractivity contribution in [2.75, 3.05) is 25.0 Å². The highest BCUT2D eigenvalue weighted by atomic mass is 19.1. The molecule has 1 aromatic heterocycles. The molecule has 2 fully saturated rings. The standard InChI is InChI=1S/C19H25FN4O2/c1-10-16-14(18(25)22-19(26)24(16)13-4-5-13)8-15(20)17(10)23-7-6-12(9-23)11(2)21-3/h8,11-13,21H,4-7,9H2,1-3H3,(H,22,25,26)/t11-,12+/m1/s1. The van der Waals surface area contributed by atoms with Gasteiger partial charge in [-0.05, 0) is 52.1 Å². The summed E-state index contributed by atoms with van der Waals surface area (Å²) in [6.07, 6.45) is 2.82. The van der Waals surface area contributed by atoms with E-state index < -0.39 is 11.2 Å². The van der Waals surface area contributed by atoms with Crippen LogP contribution in [-0.2, 0) is 0 Å². The van der Waals surface area contributed by atoms with E-state index in [0.29, 0.717) is 28.7 Å². The van der Waals surface area contributed by atoms with Gasteiger partial charge in [0.1, 0.15) is 5.82 Å². The number of aromatic nitrogens is 2. The number of hydrogen-bond acceptors (Lipinski definition) is 4. The van der Waals surface area contributed by atoms with Crippen molar-refractivity contribution >= 4 is 16.6 Å². The molecule has 0 amide bonds. The monoisotopic (exact) mass is 360 g/mol.